The summed E-state index contributed by atoms with van der Waals surface area (Å²) in [4.78, 5) is 2.12. The molecule has 0 fully saturated rings. The second-order valence-corrected chi connectivity index (χ2v) is 3.23. The number of rotatable bonds is 1. The van der Waals surface area contributed by atoms with Crippen molar-refractivity contribution in [3.8, 4) is 0 Å². The largest absolute Gasteiger partial charge is 3.00 e. The van der Waals surface area contributed by atoms with Crippen molar-refractivity contribution in [1.29, 1.82) is 0 Å². The van der Waals surface area contributed by atoms with Crippen LogP contribution in [0.4, 0.5) is 5.69 Å². The smallest absolute Gasteiger partial charge is 1.00 e. The molecule has 0 amide bonds. The summed E-state index contributed by atoms with van der Waals surface area (Å²) in [5, 5.41) is 2.64. The fourth-order valence-corrected chi connectivity index (χ4v) is 1.39. The van der Waals surface area contributed by atoms with Gasteiger partial charge < -0.3 is 29.7 Å². The average Bonchev–Trinajstić information content (AvgIpc) is 2.49. The molecule has 0 aromatic heterocycles. The maximum Gasteiger partial charge on any atom is 3.00 e. The first-order valence-corrected chi connectivity index (χ1v) is 4.10. The number of benzene rings is 1. The van der Waals surface area contributed by atoms with Crippen LogP contribution in [0.2, 0.25) is 0 Å². The molecule has 1 radical (unpaired) electrons. The normalized spacial score (nSPS) is 8.40. The Bertz CT molecular complexity index is 398. The van der Waals surface area contributed by atoms with E-state index in [2.05, 4.69) is 55.4 Å². The fourth-order valence-electron chi connectivity index (χ4n) is 1.39. The van der Waals surface area contributed by atoms with Gasteiger partial charge in [0.1, 0.15) is 0 Å². The quantitative estimate of drug-likeness (QED) is 0.496. The Kier molecular flexibility index (Phi) is 8.60. The van der Waals surface area contributed by atoms with E-state index in [0.29, 0.717) is 0 Å². The SMILES string of the molecule is CN(C)c1ccc2[cH-]ccc2c1.[Cl-].[Cl-].[Zr+3]. The van der Waals surface area contributed by atoms with Gasteiger partial charge in [-0.25, -0.2) is 0 Å². The molecule has 1 nitrogen and oxygen atoms in total. The van der Waals surface area contributed by atoms with E-state index in [1.807, 2.05) is 0 Å². The first-order chi connectivity index (χ1) is 5.77. The van der Waals surface area contributed by atoms with Crippen molar-refractivity contribution in [3.63, 3.8) is 0 Å². The predicted octanol–water partition coefficient (Wildman–Crippen LogP) is -3.37. The van der Waals surface area contributed by atoms with Crippen LogP contribution in [0.3, 0.4) is 0 Å². The van der Waals surface area contributed by atoms with Crippen LogP contribution in [-0.4, -0.2) is 14.1 Å². The van der Waals surface area contributed by atoms with E-state index in [-0.39, 0.29) is 51.0 Å². The second-order valence-electron chi connectivity index (χ2n) is 3.23. The third kappa shape index (κ3) is 3.86. The summed E-state index contributed by atoms with van der Waals surface area (Å²) in [5.41, 5.74) is 1.26. The van der Waals surface area contributed by atoms with Crippen molar-refractivity contribution in [3.05, 3.63) is 36.4 Å². The van der Waals surface area contributed by atoms with E-state index in [1.54, 1.807) is 0 Å². The van der Waals surface area contributed by atoms with Gasteiger partial charge >= 0.3 is 26.2 Å². The maximum atomic E-state index is 2.20. The van der Waals surface area contributed by atoms with Crippen LogP contribution in [0.1, 0.15) is 0 Å². The van der Waals surface area contributed by atoms with Crippen molar-refractivity contribution in [2.24, 2.45) is 0 Å². The van der Waals surface area contributed by atoms with E-state index in [4.69, 9.17) is 0 Å². The number of halogens is 2. The molecule has 79 valence electrons. The second kappa shape index (κ2) is 7.38. The van der Waals surface area contributed by atoms with Crippen LogP contribution in [0, 0.1) is 0 Å². The van der Waals surface area contributed by atoms with Gasteiger partial charge in [0.05, 0.1) is 0 Å². The molecule has 0 unspecified atom stereocenters. The summed E-state index contributed by atoms with van der Waals surface area (Å²) in [5.74, 6) is 0. The van der Waals surface area contributed by atoms with Gasteiger partial charge in [-0.05, 0) is 0 Å². The number of hydrogen-bond acceptors (Lipinski definition) is 1. The summed E-state index contributed by atoms with van der Waals surface area (Å²) in [6.07, 6.45) is 0. The Hall–Kier alpha value is 0.0931. The molecule has 0 saturated heterocycles. The van der Waals surface area contributed by atoms with E-state index in [1.165, 1.54) is 16.5 Å². The summed E-state index contributed by atoms with van der Waals surface area (Å²) >= 11 is 0. The zero-order valence-corrected chi connectivity index (χ0v) is 12.6. The summed E-state index contributed by atoms with van der Waals surface area (Å²) < 4.78 is 0. The molecule has 0 heterocycles. The summed E-state index contributed by atoms with van der Waals surface area (Å²) in [6, 6.07) is 12.9. The third-order valence-electron chi connectivity index (χ3n) is 2.14. The van der Waals surface area contributed by atoms with Gasteiger partial charge in [-0.2, -0.15) is 17.5 Å². The fraction of sp³-hybridized carbons (Fsp3) is 0.182. The Morgan fingerprint density at radius 1 is 1.07 bits per heavy atom. The number of fused-ring (bicyclic) bond motifs is 1. The van der Waals surface area contributed by atoms with Crippen LogP contribution >= 0.6 is 0 Å². The molecule has 0 bridgehead atoms. The minimum absolute atomic E-state index is 0. The van der Waals surface area contributed by atoms with E-state index in [0.717, 1.165) is 0 Å². The molecule has 2 aromatic rings. The Morgan fingerprint density at radius 3 is 2.33 bits per heavy atom. The van der Waals surface area contributed by atoms with Crippen molar-refractivity contribution in [2.45, 2.75) is 0 Å². The minimum atomic E-state index is 0. The molecule has 2 rings (SSSR count). The van der Waals surface area contributed by atoms with E-state index >= 15 is 0 Å². The molecule has 0 N–H and O–H groups in total. The molecule has 0 saturated carbocycles. The molecule has 2 aromatic carbocycles. The standard InChI is InChI=1S/C11H12N.2ClH.Zr/c1-12(2)11-7-6-9-4-3-5-10(9)8-11;;;/h3-8H,1-2H3;2*1H;/q-1;;;+3/p-2. The van der Waals surface area contributed by atoms with Crippen LogP contribution in [0.15, 0.2) is 36.4 Å². The first kappa shape index (κ1) is 17.5. The van der Waals surface area contributed by atoms with Gasteiger partial charge in [-0.3, -0.25) is 0 Å². The Labute approximate surface area is 122 Å². The molecule has 4 heteroatoms. The van der Waals surface area contributed by atoms with Gasteiger partial charge in [-0.1, -0.05) is 12.1 Å². The van der Waals surface area contributed by atoms with E-state index in [9.17, 15) is 0 Å². The Morgan fingerprint density at radius 2 is 1.73 bits per heavy atom. The number of nitrogens with zero attached hydrogens (tertiary/aromatic N) is 1. The van der Waals surface area contributed by atoms with Crippen molar-refractivity contribution in [2.75, 3.05) is 19.0 Å². The molecule has 0 atom stereocenters. The van der Waals surface area contributed by atoms with Crippen LogP contribution in [0.5, 0.6) is 0 Å². The molecule has 0 aliphatic carbocycles. The van der Waals surface area contributed by atoms with Crippen LogP contribution in [-0.2, 0) is 26.2 Å². The summed E-state index contributed by atoms with van der Waals surface area (Å²) in [6.45, 7) is 0. The van der Waals surface area contributed by atoms with E-state index < -0.39 is 0 Å². The van der Waals surface area contributed by atoms with Crippen molar-refractivity contribution in [1.82, 2.24) is 0 Å². The van der Waals surface area contributed by atoms with Gasteiger partial charge in [0.15, 0.2) is 0 Å². The van der Waals surface area contributed by atoms with Gasteiger partial charge in [-0.15, -0.1) is 17.5 Å². The average molecular weight is 320 g/mol. The number of anilines is 1. The molecule has 15 heavy (non-hydrogen) atoms. The molecular weight excluding hydrogens is 308 g/mol. The molecule has 0 aliphatic rings. The molecule has 0 spiro atoms. The minimum Gasteiger partial charge on any atom is -1.00 e. The first-order valence-electron chi connectivity index (χ1n) is 4.10. The predicted molar refractivity (Wildman–Crippen MR) is 53.9 cm³/mol. The van der Waals surface area contributed by atoms with Crippen molar-refractivity contribution >= 4 is 16.5 Å². The number of hydrogen-bond donors (Lipinski definition) is 0. The molecular formula is C11H12Cl2NZr. The van der Waals surface area contributed by atoms with Gasteiger partial charge in [0, 0.05) is 19.8 Å². The van der Waals surface area contributed by atoms with Crippen molar-refractivity contribution < 1.29 is 51.0 Å². The summed E-state index contributed by atoms with van der Waals surface area (Å²) in [7, 11) is 4.12. The van der Waals surface area contributed by atoms with Crippen LogP contribution < -0.4 is 29.7 Å². The van der Waals surface area contributed by atoms with Crippen LogP contribution in [0.25, 0.3) is 10.8 Å². The zero-order chi connectivity index (χ0) is 8.55. The zero-order valence-electron chi connectivity index (χ0n) is 8.67. The third-order valence-corrected chi connectivity index (χ3v) is 2.14. The van der Waals surface area contributed by atoms with Gasteiger partial charge in [0.2, 0.25) is 0 Å². The van der Waals surface area contributed by atoms with Gasteiger partial charge in [0.25, 0.3) is 0 Å². The Balaban J connectivity index is 0. The maximum absolute atomic E-state index is 2.20. The topological polar surface area (TPSA) is 3.24 Å². The monoisotopic (exact) mass is 318 g/mol. The molecule has 0 aliphatic heterocycles.